The lowest BCUT2D eigenvalue weighted by molar-refractivity contribution is -0.142. The molecule has 2 rings (SSSR count). The molecule has 0 saturated heterocycles. The molecule has 3 nitrogen and oxygen atoms in total. The Labute approximate surface area is 119 Å². The Bertz CT molecular complexity index is 539. The van der Waals surface area contributed by atoms with Crippen LogP contribution in [0.5, 0.6) is 0 Å². The minimum absolute atomic E-state index is 0.200. The third-order valence-corrected chi connectivity index (χ3v) is 3.42. The zero-order valence-corrected chi connectivity index (χ0v) is 11.5. The van der Waals surface area contributed by atoms with E-state index in [-0.39, 0.29) is 6.04 Å². The molecule has 2 aromatic rings. The number of aliphatic carboxylic acids is 1. The van der Waals surface area contributed by atoms with Crippen molar-refractivity contribution in [2.24, 2.45) is 5.92 Å². The second-order valence-corrected chi connectivity index (χ2v) is 4.88. The lowest BCUT2D eigenvalue weighted by Crippen LogP contribution is -2.31. The van der Waals surface area contributed by atoms with Crippen LogP contribution in [0.2, 0.25) is 0 Å². The fourth-order valence-electron chi connectivity index (χ4n) is 2.21. The van der Waals surface area contributed by atoms with Crippen LogP contribution in [-0.4, -0.2) is 11.1 Å². The Morgan fingerprint density at radius 1 is 1.05 bits per heavy atom. The highest BCUT2D eigenvalue weighted by molar-refractivity contribution is 5.70. The van der Waals surface area contributed by atoms with E-state index in [1.807, 2.05) is 60.7 Å². The van der Waals surface area contributed by atoms with Gasteiger partial charge in [-0.2, -0.15) is 0 Å². The molecule has 2 aromatic carbocycles. The molecule has 0 saturated carbocycles. The van der Waals surface area contributed by atoms with E-state index in [0.717, 1.165) is 11.1 Å². The number of carboxylic acids is 1. The van der Waals surface area contributed by atoms with Crippen molar-refractivity contribution in [1.82, 2.24) is 5.32 Å². The number of carboxylic acid groups (broad SMARTS) is 1. The van der Waals surface area contributed by atoms with Gasteiger partial charge in [-0.25, -0.2) is 0 Å². The number of hydrogen-bond acceptors (Lipinski definition) is 2. The fourth-order valence-corrected chi connectivity index (χ4v) is 2.21. The van der Waals surface area contributed by atoms with Gasteiger partial charge in [-0.3, -0.25) is 4.79 Å². The Balaban J connectivity index is 2.13. The molecule has 2 atom stereocenters. The van der Waals surface area contributed by atoms with Gasteiger partial charge in [0.2, 0.25) is 0 Å². The summed E-state index contributed by atoms with van der Waals surface area (Å²) in [5.41, 5.74) is 2.14. The van der Waals surface area contributed by atoms with Crippen molar-refractivity contribution in [2.45, 2.75) is 19.5 Å². The molecule has 0 heterocycles. The van der Waals surface area contributed by atoms with Crippen molar-refractivity contribution in [3.8, 4) is 0 Å². The predicted molar refractivity (Wildman–Crippen MR) is 79.3 cm³/mol. The number of carbonyl (C=O) groups is 1. The summed E-state index contributed by atoms with van der Waals surface area (Å²) < 4.78 is 0. The first-order chi connectivity index (χ1) is 9.68. The number of benzene rings is 2. The van der Waals surface area contributed by atoms with Crippen LogP contribution in [0.15, 0.2) is 60.7 Å². The van der Waals surface area contributed by atoms with Crippen molar-refractivity contribution in [3.05, 3.63) is 71.8 Å². The first-order valence-corrected chi connectivity index (χ1v) is 6.73. The van der Waals surface area contributed by atoms with Gasteiger partial charge in [0, 0.05) is 12.6 Å². The molecule has 0 aliphatic carbocycles. The summed E-state index contributed by atoms with van der Waals surface area (Å²) in [5, 5.41) is 12.6. The normalized spacial score (nSPS) is 13.7. The van der Waals surface area contributed by atoms with Gasteiger partial charge in [0.25, 0.3) is 0 Å². The summed E-state index contributed by atoms with van der Waals surface area (Å²) in [6, 6.07) is 19.5. The molecule has 0 aliphatic heterocycles. The largest absolute Gasteiger partial charge is 0.481 e. The van der Waals surface area contributed by atoms with Crippen molar-refractivity contribution in [1.29, 1.82) is 0 Å². The zero-order valence-electron chi connectivity index (χ0n) is 11.5. The van der Waals surface area contributed by atoms with Crippen LogP contribution in [0, 0.1) is 5.92 Å². The van der Waals surface area contributed by atoms with Crippen molar-refractivity contribution >= 4 is 5.97 Å². The van der Waals surface area contributed by atoms with Crippen LogP contribution >= 0.6 is 0 Å². The lowest BCUT2D eigenvalue weighted by Gasteiger charge is -2.23. The first kappa shape index (κ1) is 14.3. The van der Waals surface area contributed by atoms with E-state index in [1.165, 1.54) is 0 Å². The SMILES string of the molecule is C[C@H](C(=O)O)[C@H](NCc1ccccc1)c1ccccc1. The highest BCUT2D eigenvalue weighted by Gasteiger charge is 2.24. The van der Waals surface area contributed by atoms with Gasteiger partial charge in [0.1, 0.15) is 0 Å². The summed E-state index contributed by atoms with van der Waals surface area (Å²) in [5.74, 6) is -1.28. The van der Waals surface area contributed by atoms with E-state index in [1.54, 1.807) is 6.92 Å². The van der Waals surface area contributed by atoms with E-state index in [4.69, 9.17) is 0 Å². The van der Waals surface area contributed by atoms with Gasteiger partial charge >= 0.3 is 5.97 Å². The molecule has 0 bridgehead atoms. The topological polar surface area (TPSA) is 49.3 Å². The average molecular weight is 269 g/mol. The summed E-state index contributed by atoms with van der Waals surface area (Å²) in [7, 11) is 0. The maximum atomic E-state index is 11.3. The molecule has 2 N–H and O–H groups in total. The minimum atomic E-state index is -0.792. The second-order valence-electron chi connectivity index (χ2n) is 4.88. The van der Waals surface area contributed by atoms with Crippen LogP contribution < -0.4 is 5.32 Å². The second kappa shape index (κ2) is 6.87. The third kappa shape index (κ3) is 3.68. The monoisotopic (exact) mass is 269 g/mol. The first-order valence-electron chi connectivity index (χ1n) is 6.73. The molecule has 20 heavy (non-hydrogen) atoms. The van der Waals surface area contributed by atoms with Gasteiger partial charge in [-0.15, -0.1) is 0 Å². The summed E-state index contributed by atoms with van der Waals surface area (Å²) >= 11 is 0. The molecule has 0 aliphatic rings. The molecule has 0 radical (unpaired) electrons. The summed E-state index contributed by atoms with van der Waals surface area (Å²) in [6.45, 7) is 2.38. The van der Waals surface area contributed by atoms with Gasteiger partial charge in [0.05, 0.1) is 5.92 Å². The molecule has 0 unspecified atom stereocenters. The Morgan fingerprint density at radius 3 is 2.15 bits per heavy atom. The van der Waals surface area contributed by atoms with Crippen LogP contribution in [0.4, 0.5) is 0 Å². The lowest BCUT2D eigenvalue weighted by atomic mass is 9.94. The molecule has 0 amide bonds. The van der Waals surface area contributed by atoms with Crippen molar-refractivity contribution < 1.29 is 9.90 Å². The highest BCUT2D eigenvalue weighted by Crippen LogP contribution is 2.22. The Hall–Kier alpha value is -2.13. The predicted octanol–water partition coefficient (Wildman–Crippen LogP) is 3.24. The van der Waals surface area contributed by atoms with Crippen LogP contribution in [-0.2, 0) is 11.3 Å². The molecular weight excluding hydrogens is 250 g/mol. The molecule has 104 valence electrons. The van der Waals surface area contributed by atoms with E-state index in [2.05, 4.69) is 5.32 Å². The molecular formula is C17H19NO2. The van der Waals surface area contributed by atoms with Gasteiger partial charge in [-0.1, -0.05) is 67.6 Å². The number of hydrogen-bond donors (Lipinski definition) is 2. The molecule has 0 fully saturated rings. The number of nitrogens with one attached hydrogen (secondary N) is 1. The maximum absolute atomic E-state index is 11.3. The van der Waals surface area contributed by atoms with Crippen molar-refractivity contribution in [2.75, 3.05) is 0 Å². The van der Waals surface area contributed by atoms with Crippen LogP contribution in [0.1, 0.15) is 24.1 Å². The number of rotatable bonds is 6. The van der Waals surface area contributed by atoms with E-state index >= 15 is 0 Å². The minimum Gasteiger partial charge on any atom is -0.481 e. The van der Waals surface area contributed by atoms with Gasteiger partial charge in [-0.05, 0) is 11.1 Å². The van der Waals surface area contributed by atoms with Crippen LogP contribution in [0.25, 0.3) is 0 Å². The highest BCUT2D eigenvalue weighted by atomic mass is 16.4. The Kier molecular flexibility index (Phi) is 4.91. The van der Waals surface area contributed by atoms with Gasteiger partial charge in [0.15, 0.2) is 0 Å². The molecule has 3 heteroatoms. The maximum Gasteiger partial charge on any atom is 0.308 e. The zero-order chi connectivity index (χ0) is 14.4. The molecule has 0 aromatic heterocycles. The smallest absolute Gasteiger partial charge is 0.308 e. The fraction of sp³-hybridized carbons (Fsp3) is 0.235. The van der Waals surface area contributed by atoms with E-state index < -0.39 is 11.9 Å². The van der Waals surface area contributed by atoms with Gasteiger partial charge < -0.3 is 10.4 Å². The van der Waals surface area contributed by atoms with E-state index in [0.29, 0.717) is 6.54 Å². The quantitative estimate of drug-likeness (QED) is 0.846. The summed E-state index contributed by atoms with van der Waals surface area (Å²) in [4.78, 5) is 11.3. The van der Waals surface area contributed by atoms with E-state index in [9.17, 15) is 9.90 Å². The van der Waals surface area contributed by atoms with Crippen molar-refractivity contribution in [3.63, 3.8) is 0 Å². The molecule has 0 spiro atoms. The van der Waals surface area contributed by atoms with Crippen LogP contribution in [0.3, 0.4) is 0 Å². The average Bonchev–Trinajstić information content (AvgIpc) is 2.49. The third-order valence-electron chi connectivity index (χ3n) is 3.42. The summed E-state index contributed by atoms with van der Waals surface area (Å²) in [6.07, 6.45) is 0. The Morgan fingerprint density at radius 2 is 1.60 bits per heavy atom. The standard InChI is InChI=1S/C17H19NO2/c1-13(17(19)20)16(15-10-6-3-7-11-15)18-12-14-8-4-2-5-9-14/h2-11,13,16,18H,12H2,1H3,(H,19,20)/t13-,16-/m0/s1.